The molecule has 7 heteroatoms. The number of nitrogens with one attached hydrogen (secondary N) is 1. The number of carbonyl (C=O) groups excluding carboxylic acids is 1. The zero-order chi connectivity index (χ0) is 20.0. The Balaban J connectivity index is 2.09. The second-order valence-corrected chi connectivity index (χ2v) is 8.25. The lowest BCUT2D eigenvalue weighted by Crippen LogP contribution is -2.32. The molecular formula is C20H26N2O4S. The van der Waals surface area contributed by atoms with Gasteiger partial charge in [-0.1, -0.05) is 32.0 Å². The Morgan fingerprint density at radius 1 is 1.11 bits per heavy atom. The molecule has 0 spiro atoms. The molecule has 0 heterocycles. The molecule has 2 aromatic rings. The summed E-state index contributed by atoms with van der Waals surface area (Å²) in [5, 5.41) is 2.93. The number of hydrogen-bond donors (Lipinski definition) is 1. The van der Waals surface area contributed by atoms with Crippen molar-refractivity contribution in [1.29, 1.82) is 0 Å². The van der Waals surface area contributed by atoms with Crippen molar-refractivity contribution in [3.63, 3.8) is 0 Å². The first kappa shape index (κ1) is 20.8. The summed E-state index contributed by atoms with van der Waals surface area (Å²) in [5.74, 6) is 0.294. The maximum Gasteiger partial charge on any atom is 0.265 e. The van der Waals surface area contributed by atoms with Gasteiger partial charge in [0.05, 0.1) is 11.9 Å². The van der Waals surface area contributed by atoms with E-state index >= 15 is 0 Å². The Hall–Kier alpha value is -2.54. The van der Waals surface area contributed by atoms with Gasteiger partial charge in [0.2, 0.25) is 10.0 Å². The van der Waals surface area contributed by atoms with Crippen LogP contribution in [0, 0.1) is 0 Å². The first-order chi connectivity index (χ1) is 12.8. The van der Waals surface area contributed by atoms with E-state index in [2.05, 4.69) is 5.32 Å². The molecule has 0 aliphatic carbocycles. The number of nitrogens with zero attached hydrogens (tertiary/aromatic N) is 1. The van der Waals surface area contributed by atoms with E-state index in [0.717, 1.165) is 23.9 Å². The van der Waals surface area contributed by atoms with Crippen molar-refractivity contribution in [2.24, 2.45) is 0 Å². The quantitative estimate of drug-likeness (QED) is 0.749. The van der Waals surface area contributed by atoms with Crippen LogP contribution in [0.25, 0.3) is 0 Å². The van der Waals surface area contributed by atoms with Crippen LogP contribution in [0.1, 0.15) is 25.8 Å². The minimum Gasteiger partial charge on any atom is -0.481 e. The molecule has 0 saturated heterocycles. The maximum absolute atomic E-state index is 12.6. The molecule has 0 fully saturated rings. The van der Waals surface area contributed by atoms with Crippen molar-refractivity contribution in [2.45, 2.75) is 32.8 Å². The highest BCUT2D eigenvalue weighted by Crippen LogP contribution is 2.22. The van der Waals surface area contributed by atoms with Crippen LogP contribution in [0.3, 0.4) is 0 Å². The summed E-state index contributed by atoms with van der Waals surface area (Å²) in [4.78, 5) is 12.6. The molecule has 0 aliphatic heterocycles. The Labute approximate surface area is 161 Å². The summed E-state index contributed by atoms with van der Waals surface area (Å²) in [5.41, 5.74) is 2.38. The van der Waals surface area contributed by atoms with Crippen LogP contribution < -0.4 is 14.4 Å². The highest BCUT2D eigenvalue weighted by atomic mass is 32.2. The van der Waals surface area contributed by atoms with Gasteiger partial charge in [-0.2, -0.15) is 0 Å². The largest absolute Gasteiger partial charge is 0.481 e. The van der Waals surface area contributed by atoms with E-state index < -0.39 is 16.1 Å². The van der Waals surface area contributed by atoms with Crippen LogP contribution in [0.5, 0.6) is 5.75 Å². The normalized spacial score (nSPS) is 12.3. The molecule has 0 unspecified atom stereocenters. The smallest absolute Gasteiger partial charge is 0.265 e. The number of benzene rings is 2. The predicted molar refractivity (Wildman–Crippen MR) is 109 cm³/mol. The second-order valence-electron chi connectivity index (χ2n) is 6.24. The lowest BCUT2D eigenvalue weighted by Gasteiger charge is -2.20. The first-order valence-corrected chi connectivity index (χ1v) is 10.7. The van der Waals surface area contributed by atoms with Crippen LogP contribution in [0.2, 0.25) is 0 Å². The first-order valence-electron chi connectivity index (χ1n) is 8.85. The van der Waals surface area contributed by atoms with Gasteiger partial charge in [-0.25, -0.2) is 8.42 Å². The molecule has 6 nitrogen and oxygen atoms in total. The van der Waals surface area contributed by atoms with Gasteiger partial charge in [0.25, 0.3) is 5.91 Å². The van der Waals surface area contributed by atoms with Crippen molar-refractivity contribution >= 4 is 27.3 Å². The Bertz CT molecular complexity index is 879. The third-order valence-corrected chi connectivity index (χ3v) is 5.50. The van der Waals surface area contributed by atoms with Crippen LogP contribution in [-0.2, 0) is 21.2 Å². The van der Waals surface area contributed by atoms with Gasteiger partial charge in [0.1, 0.15) is 5.75 Å². The van der Waals surface area contributed by atoms with Crippen molar-refractivity contribution in [1.82, 2.24) is 0 Å². The summed E-state index contributed by atoms with van der Waals surface area (Å²) < 4.78 is 30.2. The van der Waals surface area contributed by atoms with E-state index in [1.165, 1.54) is 11.4 Å². The second kappa shape index (κ2) is 8.90. The van der Waals surface area contributed by atoms with E-state index in [-0.39, 0.29) is 5.91 Å². The molecule has 0 aliphatic rings. The van der Waals surface area contributed by atoms with Crippen LogP contribution >= 0.6 is 0 Å². The average molecular weight is 391 g/mol. The number of sulfonamides is 1. The van der Waals surface area contributed by atoms with E-state index in [1.807, 2.05) is 38.1 Å². The van der Waals surface area contributed by atoms with Crippen molar-refractivity contribution in [3.8, 4) is 5.75 Å². The number of ether oxygens (including phenoxy) is 1. The predicted octanol–water partition coefficient (Wildman–Crippen LogP) is 3.44. The van der Waals surface area contributed by atoms with Crippen LogP contribution in [-0.4, -0.2) is 33.7 Å². The molecule has 27 heavy (non-hydrogen) atoms. The highest BCUT2D eigenvalue weighted by molar-refractivity contribution is 7.92. The number of rotatable bonds is 8. The minimum atomic E-state index is -3.32. The lowest BCUT2D eigenvalue weighted by atomic mass is 10.1. The third kappa shape index (κ3) is 5.47. The Morgan fingerprint density at radius 2 is 1.74 bits per heavy atom. The van der Waals surface area contributed by atoms with Crippen molar-refractivity contribution < 1.29 is 17.9 Å². The molecular weight excluding hydrogens is 364 g/mol. The van der Waals surface area contributed by atoms with Gasteiger partial charge in [0, 0.05) is 12.7 Å². The van der Waals surface area contributed by atoms with E-state index in [4.69, 9.17) is 4.74 Å². The number of para-hydroxylation sites is 1. The van der Waals surface area contributed by atoms with Crippen LogP contribution in [0.4, 0.5) is 11.4 Å². The molecule has 1 N–H and O–H groups in total. The summed E-state index contributed by atoms with van der Waals surface area (Å²) in [6.07, 6.45) is 1.82. The van der Waals surface area contributed by atoms with Crippen molar-refractivity contribution in [3.05, 3.63) is 54.1 Å². The third-order valence-electron chi connectivity index (χ3n) is 4.30. The molecule has 0 bridgehead atoms. The van der Waals surface area contributed by atoms with E-state index in [0.29, 0.717) is 17.9 Å². The fourth-order valence-corrected chi connectivity index (χ4v) is 3.08. The maximum atomic E-state index is 12.6. The molecule has 0 aromatic heterocycles. The molecule has 1 atom stereocenters. The van der Waals surface area contributed by atoms with Crippen LogP contribution in [0.15, 0.2) is 48.5 Å². The standard InChI is InChI=1S/C20H26N2O4S/c1-5-15-9-7-8-10-18(15)21-20(23)19(6-2)26-17-13-11-16(12-14-17)22(3)27(4,24)25/h7-14,19H,5-6H2,1-4H3,(H,21,23)/t19-/m1/s1. The van der Waals surface area contributed by atoms with Gasteiger partial charge in [-0.3, -0.25) is 9.10 Å². The number of hydrogen-bond acceptors (Lipinski definition) is 4. The summed E-state index contributed by atoms with van der Waals surface area (Å²) in [7, 11) is -1.84. The van der Waals surface area contributed by atoms with Crippen molar-refractivity contribution in [2.75, 3.05) is 22.9 Å². The van der Waals surface area contributed by atoms with Gasteiger partial charge >= 0.3 is 0 Å². The SMILES string of the molecule is CCc1ccccc1NC(=O)[C@@H](CC)Oc1ccc(N(C)S(C)(=O)=O)cc1. The highest BCUT2D eigenvalue weighted by Gasteiger charge is 2.20. The topological polar surface area (TPSA) is 75.7 Å². The zero-order valence-corrected chi connectivity index (χ0v) is 16.9. The minimum absolute atomic E-state index is 0.212. The summed E-state index contributed by atoms with van der Waals surface area (Å²) in [6.45, 7) is 3.91. The molecule has 0 saturated carbocycles. The fraction of sp³-hybridized carbons (Fsp3) is 0.350. The van der Waals surface area contributed by atoms with Gasteiger partial charge in [-0.05, 0) is 48.7 Å². The average Bonchev–Trinajstić information content (AvgIpc) is 2.65. The zero-order valence-electron chi connectivity index (χ0n) is 16.1. The lowest BCUT2D eigenvalue weighted by molar-refractivity contribution is -0.122. The van der Waals surface area contributed by atoms with E-state index in [1.54, 1.807) is 24.3 Å². The molecule has 0 radical (unpaired) electrons. The number of carbonyl (C=O) groups is 1. The van der Waals surface area contributed by atoms with Gasteiger partial charge in [-0.15, -0.1) is 0 Å². The number of anilines is 2. The molecule has 2 rings (SSSR count). The Morgan fingerprint density at radius 3 is 2.30 bits per heavy atom. The number of amides is 1. The van der Waals surface area contributed by atoms with E-state index in [9.17, 15) is 13.2 Å². The van der Waals surface area contributed by atoms with Gasteiger partial charge < -0.3 is 10.1 Å². The fourth-order valence-electron chi connectivity index (χ4n) is 2.58. The Kier molecular flexibility index (Phi) is 6.85. The summed E-state index contributed by atoms with van der Waals surface area (Å²) in [6, 6.07) is 14.3. The molecule has 2 aromatic carbocycles. The number of aryl methyl sites for hydroxylation is 1. The molecule has 146 valence electrons. The summed E-state index contributed by atoms with van der Waals surface area (Å²) >= 11 is 0. The monoisotopic (exact) mass is 390 g/mol. The van der Waals surface area contributed by atoms with Gasteiger partial charge in [0.15, 0.2) is 6.10 Å². The molecule has 1 amide bonds.